The summed E-state index contributed by atoms with van der Waals surface area (Å²) in [6.45, 7) is 4.61. The molecule has 0 saturated heterocycles. The molecular weight excluding hydrogens is 468 g/mol. The van der Waals surface area contributed by atoms with Crippen LogP contribution in [0.5, 0.6) is 0 Å². The highest BCUT2D eigenvalue weighted by Gasteiger charge is 2.31. The fourth-order valence-corrected chi connectivity index (χ4v) is 5.00. The first-order valence-corrected chi connectivity index (χ1v) is 13.1. The Hall–Kier alpha value is -3.46. The Morgan fingerprint density at radius 2 is 1.81 bits per heavy atom. The van der Waals surface area contributed by atoms with Crippen molar-refractivity contribution in [2.24, 2.45) is 11.7 Å². The Labute approximate surface area is 219 Å². The second kappa shape index (κ2) is 13.7. The monoisotopic (exact) mass is 508 g/mol. The first-order valence-electron chi connectivity index (χ1n) is 13.1. The summed E-state index contributed by atoms with van der Waals surface area (Å²) in [5.74, 6) is -0.470. The molecule has 1 saturated carbocycles. The normalized spacial score (nSPS) is 15.9. The Kier molecular flexibility index (Phi) is 10.4. The van der Waals surface area contributed by atoms with E-state index in [4.69, 9.17) is 15.9 Å². The van der Waals surface area contributed by atoms with Crippen LogP contribution in [0.4, 0.5) is 5.69 Å². The Morgan fingerprint density at radius 1 is 1.14 bits per heavy atom. The topological polar surface area (TPSA) is 135 Å². The average molecular weight is 509 g/mol. The number of hydrogen-bond acceptors (Lipinski definition) is 6. The van der Waals surface area contributed by atoms with Crippen LogP contribution in [0.25, 0.3) is 5.57 Å². The Morgan fingerprint density at radius 3 is 2.41 bits per heavy atom. The minimum Gasteiger partial charge on any atom is -0.402 e. The molecule has 0 aliphatic heterocycles. The third-order valence-electron chi connectivity index (χ3n) is 6.82. The summed E-state index contributed by atoms with van der Waals surface area (Å²) >= 11 is 0. The number of carbonyl (C=O) groups excluding carboxylic acids is 2. The fraction of sp³-hybridized carbons (Fsp3) is 0.500. The lowest BCUT2D eigenvalue weighted by Crippen LogP contribution is -2.49. The van der Waals surface area contributed by atoms with Crippen molar-refractivity contribution < 1.29 is 14.3 Å². The Bertz CT molecular complexity index is 1090. The average Bonchev–Trinajstić information content (AvgIpc) is 3.16. The van der Waals surface area contributed by atoms with Crippen molar-refractivity contribution in [1.29, 1.82) is 5.41 Å². The highest BCUT2D eigenvalue weighted by atomic mass is 16.5. The smallest absolute Gasteiger partial charge is 0.270 e. The molecule has 1 aromatic carbocycles. The zero-order valence-corrected chi connectivity index (χ0v) is 22.2. The van der Waals surface area contributed by atoms with Gasteiger partial charge in [0.15, 0.2) is 0 Å². The molecule has 1 aliphatic rings. The first kappa shape index (κ1) is 28.1. The molecule has 5 N–H and O–H groups in total. The summed E-state index contributed by atoms with van der Waals surface area (Å²) in [5.41, 5.74) is 9.49. The summed E-state index contributed by atoms with van der Waals surface area (Å²) in [6, 6.07) is 8.32. The lowest BCUT2D eigenvalue weighted by atomic mass is 9.91. The number of nitrogens with one attached hydrogen (secondary N) is 3. The summed E-state index contributed by atoms with van der Waals surface area (Å²) in [5, 5.41) is 18.3. The van der Waals surface area contributed by atoms with Crippen LogP contribution in [0.1, 0.15) is 74.8 Å². The molecule has 200 valence electrons. The van der Waals surface area contributed by atoms with Crippen molar-refractivity contribution in [2.75, 3.05) is 19.0 Å². The third-order valence-corrected chi connectivity index (χ3v) is 6.82. The van der Waals surface area contributed by atoms with Crippen LogP contribution in [0, 0.1) is 11.3 Å². The number of methoxy groups -OCH3 is 1. The van der Waals surface area contributed by atoms with Crippen LogP contribution >= 0.6 is 0 Å². The highest BCUT2D eigenvalue weighted by Crippen LogP contribution is 2.27. The molecule has 1 aromatic heterocycles. The lowest BCUT2D eigenvalue weighted by Gasteiger charge is -2.26. The molecule has 1 aliphatic carbocycles. The van der Waals surface area contributed by atoms with Gasteiger partial charge in [-0.05, 0) is 62.8 Å². The summed E-state index contributed by atoms with van der Waals surface area (Å²) < 4.78 is 6.77. The van der Waals surface area contributed by atoms with Crippen LogP contribution < -0.4 is 16.4 Å². The molecule has 1 fully saturated rings. The van der Waals surface area contributed by atoms with E-state index >= 15 is 0 Å². The van der Waals surface area contributed by atoms with Gasteiger partial charge in [0.2, 0.25) is 5.91 Å². The SMILES string of the molecule is COCCCn1nccc1C(=O)NC(C(=O)Nc1ccc(/C(C(C)=N)=C(\C)N)cc1)C1CCCCCC1. The van der Waals surface area contributed by atoms with E-state index in [1.807, 2.05) is 12.1 Å². The second-order valence-corrected chi connectivity index (χ2v) is 9.74. The lowest BCUT2D eigenvalue weighted by molar-refractivity contribution is -0.119. The number of allylic oxidation sites excluding steroid dienone is 2. The second-order valence-electron chi connectivity index (χ2n) is 9.74. The van der Waals surface area contributed by atoms with Gasteiger partial charge in [-0.25, -0.2) is 0 Å². The molecule has 0 radical (unpaired) electrons. The number of hydrogen-bond donors (Lipinski definition) is 4. The zero-order chi connectivity index (χ0) is 26.8. The van der Waals surface area contributed by atoms with Gasteiger partial charge >= 0.3 is 0 Å². The number of anilines is 1. The van der Waals surface area contributed by atoms with E-state index in [0.717, 1.165) is 50.5 Å². The molecule has 1 unspecified atom stereocenters. The number of aromatic nitrogens is 2. The minimum atomic E-state index is -0.654. The van der Waals surface area contributed by atoms with Gasteiger partial charge in [-0.1, -0.05) is 37.8 Å². The van der Waals surface area contributed by atoms with E-state index in [-0.39, 0.29) is 17.7 Å². The van der Waals surface area contributed by atoms with Gasteiger partial charge in [0, 0.05) is 49.1 Å². The molecular formula is C28H40N6O3. The standard InChI is InChI=1S/C28H40N6O3/c1-19(29)25(20(2)30)21-11-13-23(14-12-21)32-28(36)26(22-9-6-4-5-7-10-22)33-27(35)24-15-16-31-34(24)17-8-18-37-3/h11-16,22,26,29H,4-10,17-18,30H2,1-3H3,(H,32,36)(H,33,35)/b25-20+,29-19?. The van der Waals surface area contributed by atoms with Gasteiger partial charge in [-0.15, -0.1) is 0 Å². The van der Waals surface area contributed by atoms with E-state index in [1.165, 1.54) is 0 Å². The summed E-state index contributed by atoms with van der Waals surface area (Å²) in [7, 11) is 1.64. The molecule has 1 heterocycles. The van der Waals surface area contributed by atoms with Crippen molar-refractivity contribution in [3.8, 4) is 0 Å². The molecule has 9 nitrogen and oxygen atoms in total. The number of ether oxygens (including phenoxy) is 1. The van der Waals surface area contributed by atoms with Crippen LogP contribution in [0.3, 0.4) is 0 Å². The maximum Gasteiger partial charge on any atom is 0.270 e. The molecule has 3 rings (SSSR count). The zero-order valence-electron chi connectivity index (χ0n) is 22.2. The maximum atomic E-state index is 13.5. The van der Waals surface area contributed by atoms with Crippen molar-refractivity contribution in [1.82, 2.24) is 15.1 Å². The number of rotatable bonds is 11. The molecule has 2 aromatic rings. The number of nitrogens with zero attached hydrogens (tertiary/aromatic N) is 2. The van der Waals surface area contributed by atoms with Gasteiger partial charge in [-0.2, -0.15) is 5.10 Å². The van der Waals surface area contributed by atoms with Gasteiger partial charge in [0.05, 0.1) is 0 Å². The van der Waals surface area contributed by atoms with E-state index < -0.39 is 6.04 Å². The number of carbonyl (C=O) groups is 2. The third kappa shape index (κ3) is 7.76. The first-order chi connectivity index (χ1) is 17.8. The molecule has 37 heavy (non-hydrogen) atoms. The van der Waals surface area contributed by atoms with E-state index in [2.05, 4.69) is 15.7 Å². The molecule has 2 amide bonds. The van der Waals surface area contributed by atoms with Gasteiger partial charge in [0.25, 0.3) is 5.91 Å². The van der Waals surface area contributed by atoms with Gasteiger partial charge < -0.3 is 26.5 Å². The van der Waals surface area contributed by atoms with Crippen molar-refractivity contribution in [3.63, 3.8) is 0 Å². The predicted octanol–water partition coefficient (Wildman–Crippen LogP) is 4.36. The number of nitrogens with two attached hydrogens (primary N) is 1. The summed E-state index contributed by atoms with van der Waals surface area (Å²) in [6.07, 6.45) is 8.52. The van der Waals surface area contributed by atoms with E-state index in [1.54, 1.807) is 50.0 Å². The number of benzene rings is 1. The molecule has 9 heteroatoms. The van der Waals surface area contributed by atoms with Gasteiger partial charge in [-0.3, -0.25) is 14.3 Å². The van der Waals surface area contributed by atoms with Gasteiger partial charge in [0.1, 0.15) is 11.7 Å². The van der Waals surface area contributed by atoms with Crippen molar-refractivity contribution in [3.05, 3.63) is 53.5 Å². The number of aryl methyl sites for hydroxylation is 1. The minimum absolute atomic E-state index is 0.0607. The molecule has 1 atom stereocenters. The quantitative estimate of drug-likeness (QED) is 0.203. The fourth-order valence-electron chi connectivity index (χ4n) is 5.00. The number of amides is 2. The van der Waals surface area contributed by atoms with Crippen LogP contribution in [-0.2, 0) is 16.1 Å². The summed E-state index contributed by atoms with van der Waals surface area (Å²) in [4.78, 5) is 26.8. The molecule has 0 spiro atoms. The highest BCUT2D eigenvalue weighted by molar-refractivity contribution is 6.21. The van der Waals surface area contributed by atoms with E-state index in [0.29, 0.717) is 41.5 Å². The molecule has 0 bridgehead atoms. The Balaban J connectivity index is 1.78. The van der Waals surface area contributed by atoms with Crippen LogP contribution in [0.2, 0.25) is 0 Å². The van der Waals surface area contributed by atoms with E-state index in [9.17, 15) is 9.59 Å². The largest absolute Gasteiger partial charge is 0.402 e. The van der Waals surface area contributed by atoms with Crippen molar-refractivity contribution in [2.45, 2.75) is 71.4 Å². The van der Waals surface area contributed by atoms with Crippen LogP contribution in [0.15, 0.2) is 42.2 Å². The van der Waals surface area contributed by atoms with Crippen LogP contribution in [-0.4, -0.2) is 47.1 Å². The predicted molar refractivity (Wildman–Crippen MR) is 146 cm³/mol. The maximum absolute atomic E-state index is 13.5. The van der Waals surface area contributed by atoms with Crippen molar-refractivity contribution >= 4 is 28.8 Å².